The molecule has 3 aromatic rings. The number of hydrogen-bond donors (Lipinski definition) is 4. The van der Waals surface area contributed by atoms with Gasteiger partial charge >= 0.3 is 6.18 Å². The second kappa shape index (κ2) is 9.82. The normalized spacial score (nSPS) is 16.9. The molecule has 4 N–H and O–H groups in total. The third kappa shape index (κ3) is 5.48. The summed E-state index contributed by atoms with van der Waals surface area (Å²) in [6.07, 6.45) is 1.35. The Morgan fingerprint density at radius 1 is 1.34 bits per heavy atom. The summed E-state index contributed by atoms with van der Waals surface area (Å²) < 4.78 is 37.4. The Morgan fingerprint density at radius 3 is 2.89 bits per heavy atom. The summed E-state index contributed by atoms with van der Waals surface area (Å²) in [6.45, 7) is 0.161. The van der Waals surface area contributed by atoms with Gasteiger partial charge in [-0.25, -0.2) is 19.9 Å². The second-order valence-electron chi connectivity index (χ2n) is 8.13. The Hall–Kier alpha value is -3.81. The van der Waals surface area contributed by atoms with Gasteiger partial charge in [-0.1, -0.05) is 0 Å². The van der Waals surface area contributed by atoms with Gasteiger partial charge in [0.05, 0.1) is 12.6 Å². The molecule has 3 aromatic heterocycles. The van der Waals surface area contributed by atoms with Gasteiger partial charge in [0.15, 0.2) is 5.82 Å². The molecule has 0 radical (unpaired) electrons. The van der Waals surface area contributed by atoms with E-state index in [-0.39, 0.29) is 30.0 Å². The number of alkyl halides is 3. The van der Waals surface area contributed by atoms with E-state index in [2.05, 4.69) is 30.2 Å². The van der Waals surface area contributed by atoms with Crippen LogP contribution in [0.4, 0.5) is 19.0 Å². The van der Waals surface area contributed by atoms with Gasteiger partial charge < -0.3 is 25.6 Å². The van der Waals surface area contributed by atoms with Crippen LogP contribution in [-0.2, 0) is 4.79 Å². The molecule has 1 aliphatic heterocycles. The number of carbonyl (C=O) groups excluding carboxylic acids is 2. The number of nitrogens with zero attached hydrogens (tertiary/aromatic N) is 5. The van der Waals surface area contributed by atoms with Crippen molar-refractivity contribution in [2.24, 2.45) is 0 Å². The van der Waals surface area contributed by atoms with Gasteiger partial charge in [-0.05, 0) is 19.8 Å². The molecule has 4 rings (SSSR count). The lowest BCUT2D eigenvalue weighted by Crippen LogP contribution is -2.42. The van der Waals surface area contributed by atoms with Crippen LogP contribution in [0.2, 0.25) is 0 Å². The number of H-pyrrole nitrogens is 1. The summed E-state index contributed by atoms with van der Waals surface area (Å²) >= 11 is 0. The minimum absolute atomic E-state index is 0.00643. The van der Waals surface area contributed by atoms with Gasteiger partial charge in [0.1, 0.15) is 36.1 Å². The van der Waals surface area contributed by atoms with Crippen LogP contribution in [-0.4, -0.2) is 84.7 Å². The fourth-order valence-electron chi connectivity index (χ4n) is 3.86. The van der Waals surface area contributed by atoms with Crippen molar-refractivity contribution in [2.45, 2.75) is 38.0 Å². The molecule has 35 heavy (non-hydrogen) atoms. The quantitative estimate of drug-likeness (QED) is 0.388. The molecular formula is C21H23F3N8O3. The number of halogens is 3. The third-order valence-electron chi connectivity index (χ3n) is 5.61. The van der Waals surface area contributed by atoms with Crippen molar-refractivity contribution in [2.75, 3.05) is 25.0 Å². The molecule has 2 atom stereocenters. The number of carbonyl (C=O) groups is 2. The molecule has 4 heterocycles. The molecule has 0 bridgehead atoms. The first-order chi connectivity index (χ1) is 16.7. The molecule has 0 unspecified atom stereocenters. The Labute approximate surface area is 197 Å². The van der Waals surface area contributed by atoms with Crippen LogP contribution in [0.15, 0.2) is 24.8 Å². The molecule has 11 nitrogen and oxygen atoms in total. The van der Waals surface area contributed by atoms with Crippen molar-refractivity contribution in [1.82, 2.24) is 35.1 Å². The first-order valence-corrected chi connectivity index (χ1v) is 10.9. The van der Waals surface area contributed by atoms with E-state index in [1.54, 1.807) is 12.4 Å². The van der Waals surface area contributed by atoms with E-state index in [4.69, 9.17) is 0 Å². The SMILES string of the molecule is C[C@H](Nc1cc(C(=O)N2CCC[C@H]2CO)nc(-c2c[nH]c3ncncc23)n1)C(=O)NCC(F)(F)F. The van der Waals surface area contributed by atoms with E-state index in [9.17, 15) is 27.9 Å². The van der Waals surface area contributed by atoms with Crippen LogP contribution in [0.25, 0.3) is 22.4 Å². The second-order valence-corrected chi connectivity index (χ2v) is 8.13. The number of nitrogens with one attached hydrogen (secondary N) is 3. The fraction of sp³-hybridized carbons (Fsp3) is 0.429. The zero-order valence-electron chi connectivity index (χ0n) is 18.6. The van der Waals surface area contributed by atoms with Gasteiger partial charge in [0.2, 0.25) is 5.91 Å². The smallest absolute Gasteiger partial charge is 0.394 e. The van der Waals surface area contributed by atoms with Gasteiger partial charge in [0.25, 0.3) is 5.91 Å². The third-order valence-corrected chi connectivity index (χ3v) is 5.61. The van der Waals surface area contributed by atoms with E-state index in [1.807, 2.05) is 5.32 Å². The molecule has 2 amide bonds. The maximum Gasteiger partial charge on any atom is 0.405 e. The Kier molecular flexibility index (Phi) is 6.82. The molecule has 1 aliphatic rings. The number of amides is 2. The van der Waals surface area contributed by atoms with Crippen LogP contribution in [0.1, 0.15) is 30.3 Å². The van der Waals surface area contributed by atoms with Crippen LogP contribution in [0, 0.1) is 0 Å². The minimum atomic E-state index is -4.55. The van der Waals surface area contributed by atoms with E-state index >= 15 is 0 Å². The maximum atomic E-state index is 13.2. The van der Waals surface area contributed by atoms with Gasteiger partial charge in [-0.2, -0.15) is 13.2 Å². The van der Waals surface area contributed by atoms with Gasteiger partial charge in [-0.15, -0.1) is 0 Å². The highest BCUT2D eigenvalue weighted by Crippen LogP contribution is 2.27. The standard InChI is InChI=1S/C21H23F3N8O3/c1-11(19(34)27-9-21(22,23)24)29-16-5-15(20(35)32-4-2-3-12(32)8-33)30-18(31-16)14-7-26-17-13(14)6-25-10-28-17/h5-7,10-12,33H,2-4,8-9H2,1H3,(H,27,34)(H,25,26,28)(H,29,30,31)/t11-,12-/m0/s1. The highest BCUT2D eigenvalue weighted by atomic mass is 19.4. The van der Waals surface area contributed by atoms with Gasteiger partial charge in [-0.3, -0.25) is 9.59 Å². The Balaban J connectivity index is 1.68. The van der Waals surface area contributed by atoms with Crippen molar-refractivity contribution in [1.29, 1.82) is 0 Å². The van der Waals surface area contributed by atoms with Crippen molar-refractivity contribution in [3.63, 3.8) is 0 Å². The monoisotopic (exact) mass is 492 g/mol. The molecule has 0 aromatic carbocycles. The van der Waals surface area contributed by atoms with Gasteiger partial charge in [0, 0.05) is 36.0 Å². The summed E-state index contributed by atoms with van der Waals surface area (Å²) in [5.41, 5.74) is 1.02. The Bertz CT molecular complexity index is 1230. The summed E-state index contributed by atoms with van der Waals surface area (Å²) in [5, 5.41) is 14.8. The van der Waals surface area contributed by atoms with Crippen LogP contribution < -0.4 is 10.6 Å². The number of fused-ring (bicyclic) bond motifs is 1. The number of aromatic amines is 1. The largest absolute Gasteiger partial charge is 0.405 e. The van der Waals surface area contributed by atoms with Crippen LogP contribution in [0.5, 0.6) is 0 Å². The lowest BCUT2D eigenvalue weighted by molar-refractivity contribution is -0.138. The zero-order chi connectivity index (χ0) is 25.2. The average molecular weight is 492 g/mol. The van der Waals surface area contributed by atoms with Crippen molar-refractivity contribution in [3.05, 3.63) is 30.5 Å². The van der Waals surface area contributed by atoms with Crippen molar-refractivity contribution < 1.29 is 27.9 Å². The topological polar surface area (TPSA) is 149 Å². The predicted molar refractivity (Wildman–Crippen MR) is 118 cm³/mol. The number of aliphatic hydroxyl groups is 1. The number of likely N-dealkylation sites (tertiary alicyclic amines) is 1. The van der Waals surface area contributed by atoms with Crippen molar-refractivity contribution in [3.8, 4) is 11.4 Å². The highest BCUT2D eigenvalue weighted by molar-refractivity contribution is 5.96. The molecule has 1 saturated heterocycles. The maximum absolute atomic E-state index is 13.2. The minimum Gasteiger partial charge on any atom is -0.394 e. The van der Waals surface area contributed by atoms with Crippen molar-refractivity contribution >= 4 is 28.7 Å². The summed E-state index contributed by atoms with van der Waals surface area (Å²) in [4.78, 5) is 46.8. The van der Waals surface area contributed by atoms with E-state index in [1.165, 1.54) is 24.2 Å². The molecule has 186 valence electrons. The Morgan fingerprint density at radius 2 is 2.14 bits per heavy atom. The number of aromatic nitrogens is 5. The van der Waals surface area contributed by atoms with Crippen LogP contribution in [0.3, 0.4) is 0 Å². The predicted octanol–water partition coefficient (Wildman–Crippen LogP) is 1.49. The van der Waals surface area contributed by atoms with E-state index in [0.29, 0.717) is 29.6 Å². The van der Waals surface area contributed by atoms with Crippen LogP contribution >= 0.6 is 0 Å². The lowest BCUT2D eigenvalue weighted by Gasteiger charge is -2.23. The first kappa shape index (κ1) is 24.3. The summed E-state index contributed by atoms with van der Waals surface area (Å²) in [5.74, 6) is -1.13. The summed E-state index contributed by atoms with van der Waals surface area (Å²) in [6, 6.07) is -0.102. The van der Waals surface area contributed by atoms with E-state index < -0.39 is 30.6 Å². The lowest BCUT2D eigenvalue weighted by atomic mass is 10.2. The number of aliphatic hydroxyl groups excluding tert-OH is 1. The molecule has 0 spiro atoms. The molecule has 14 heteroatoms. The highest BCUT2D eigenvalue weighted by Gasteiger charge is 2.31. The van der Waals surface area contributed by atoms with E-state index in [0.717, 1.165) is 6.42 Å². The molecule has 0 aliphatic carbocycles. The fourth-order valence-corrected chi connectivity index (χ4v) is 3.86. The average Bonchev–Trinajstić information content (AvgIpc) is 3.48. The number of anilines is 1. The number of hydrogen-bond acceptors (Lipinski definition) is 8. The molecular weight excluding hydrogens is 469 g/mol. The zero-order valence-corrected chi connectivity index (χ0v) is 18.6. The molecule has 0 saturated carbocycles. The molecule has 1 fully saturated rings. The first-order valence-electron chi connectivity index (χ1n) is 10.9. The number of rotatable bonds is 7. The summed E-state index contributed by atoms with van der Waals surface area (Å²) in [7, 11) is 0.